The van der Waals surface area contributed by atoms with Crippen molar-refractivity contribution in [1.29, 1.82) is 0 Å². The van der Waals surface area contributed by atoms with Crippen LogP contribution in [-0.4, -0.2) is 44.0 Å². The zero-order valence-electron chi connectivity index (χ0n) is 17.4. The van der Waals surface area contributed by atoms with Crippen LogP contribution in [-0.2, 0) is 26.3 Å². The third-order valence-corrected chi connectivity index (χ3v) is 9.13. The molecule has 32 heavy (non-hydrogen) atoms. The maximum absolute atomic E-state index is 12.7. The van der Waals surface area contributed by atoms with Gasteiger partial charge in [-0.3, -0.25) is 4.79 Å². The molecule has 1 amide bonds. The van der Waals surface area contributed by atoms with Crippen LogP contribution in [0.3, 0.4) is 0 Å². The summed E-state index contributed by atoms with van der Waals surface area (Å²) in [5.74, 6) is 1.17. The number of carbonyl (C=O) groups excluding carboxylic acids is 1. The van der Waals surface area contributed by atoms with E-state index in [1.54, 1.807) is 36.0 Å². The summed E-state index contributed by atoms with van der Waals surface area (Å²) in [4.78, 5) is 12.5. The van der Waals surface area contributed by atoms with Crippen molar-refractivity contribution in [2.24, 2.45) is 5.92 Å². The first-order valence-corrected chi connectivity index (χ1v) is 14.2. The minimum atomic E-state index is -3.42. The first-order chi connectivity index (χ1) is 15.3. The van der Waals surface area contributed by atoms with Gasteiger partial charge in [-0.05, 0) is 48.2 Å². The quantitative estimate of drug-likeness (QED) is 0.446. The predicted octanol–water partition coefficient (Wildman–Crippen LogP) is 5.24. The molecule has 0 bridgehead atoms. The van der Waals surface area contributed by atoms with E-state index < -0.39 is 10.0 Å². The van der Waals surface area contributed by atoms with Gasteiger partial charge in [0.2, 0.25) is 15.9 Å². The molecule has 0 saturated carbocycles. The molecular formula is C22H25Cl3N2O3S2. The van der Waals surface area contributed by atoms with E-state index in [-0.39, 0.29) is 17.6 Å². The summed E-state index contributed by atoms with van der Waals surface area (Å²) in [5, 5.41) is 4.82. The first-order valence-electron chi connectivity index (χ1n) is 10.3. The molecule has 1 saturated heterocycles. The molecule has 1 aliphatic heterocycles. The molecule has 0 radical (unpaired) electrons. The van der Waals surface area contributed by atoms with Crippen molar-refractivity contribution in [3.8, 4) is 0 Å². The number of carbonyl (C=O) groups is 1. The summed E-state index contributed by atoms with van der Waals surface area (Å²) in [5.41, 5.74) is 1.60. The number of amides is 1. The second-order valence-electron chi connectivity index (χ2n) is 7.60. The lowest BCUT2D eigenvalue weighted by molar-refractivity contribution is -0.125. The minimum Gasteiger partial charge on any atom is -0.355 e. The lowest BCUT2D eigenvalue weighted by atomic mass is 9.97. The van der Waals surface area contributed by atoms with Crippen LogP contribution in [0.25, 0.3) is 0 Å². The number of piperidine rings is 1. The van der Waals surface area contributed by atoms with E-state index in [4.69, 9.17) is 34.8 Å². The van der Waals surface area contributed by atoms with Crippen LogP contribution in [0, 0.1) is 5.92 Å². The number of hydrogen-bond donors (Lipinski definition) is 1. The van der Waals surface area contributed by atoms with Crippen LogP contribution in [0.5, 0.6) is 0 Å². The van der Waals surface area contributed by atoms with Gasteiger partial charge in [0.05, 0.1) is 5.75 Å². The van der Waals surface area contributed by atoms with E-state index in [1.165, 1.54) is 4.31 Å². The van der Waals surface area contributed by atoms with Crippen LogP contribution in [0.2, 0.25) is 15.1 Å². The monoisotopic (exact) mass is 534 g/mol. The average molecular weight is 536 g/mol. The van der Waals surface area contributed by atoms with Crippen molar-refractivity contribution in [1.82, 2.24) is 9.62 Å². The van der Waals surface area contributed by atoms with E-state index >= 15 is 0 Å². The first kappa shape index (κ1) is 25.7. The fourth-order valence-corrected chi connectivity index (χ4v) is 6.80. The zero-order valence-corrected chi connectivity index (χ0v) is 21.3. The van der Waals surface area contributed by atoms with Crippen LogP contribution in [0.4, 0.5) is 0 Å². The number of nitrogens with zero attached hydrogens (tertiary/aromatic N) is 1. The molecule has 1 N–H and O–H groups in total. The van der Waals surface area contributed by atoms with Crippen LogP contribution < -0.4 is 5.32 Å². The van der Waals surface area contributed by atoms with Gasteiger partial charge in [0, 0.05) is 52.1 Å². The third kappa shape index (κ3) is 7.27. The van der Waals surface area contributed by atoms with Gasteiger partial charge in [-0.1, -0.05) is 53.0 Å². The Kier molecular flexibility index (Phi) is 9.58. The van der Waals surface area contributed by atoms with Crippen molar-refractivity contribution in [2.45, 2.75) is 24.3 Å². The highest BCUT2D eigenvalue weighted by molar-refractivity contribution is 7.98. The molecule has 0 atom stereocenters. The summed E-state index contributed by atoms with van der Waals surface area (Å²) >= 11 is 19.9. The molecule has 2 aromatic carbocycles. The lowest BCUT2D eigenvalue weighted by Crippen LogP contribution is -2.43. The van der Waals surface area contributed by atoms with Crippen molar-refractivity contribution in [2.75, 3.05) is 25.4 Å². The van der Waals surface area contributed by atoms with Gasteiger partial charge in [-0.2, -0.15) is 11.8 Å². The molecule has 10 heteroatoms. The Morgan fingerprint density at radius 2 is 1.66 bits per heavy atom. The van der Waals surface area contributed by atoms with Gasteiger partial charge < -0.3 is 5.32 Å². The Labute approximate surface area is 208 Å². The van der Waals surface area contributed by atoms with E-state index in [1.807, 2.05) is 18.2 Å². The standard InChI is InChI=1S/C22H25Cl3N2O3S2/c23-18-6-4-16(5-7-18)15-32(29,30)27-11-8-17(9-12-27)22(28)26-10-13-31-14-19-20(24)2-1-3-21(19)25/h1-7,17H,8-15H2,(H,26,28). The number of sulfonamides is 1. The smallest absolute Gasteiger partial charge is 0.223 e. The van der Waals surface area contributed by atoms with Gasteiger partial charge in [0.25, 0.3) is 0 Å². The highest BCUT2D eigenvalue weighted by atomic mass is 35.5. The van der Waals surface area contributed by atoms with E-state index in [2.05, 4.69) is 5.32 Å². The summed E-state index contributed by atoms with van der Waals surface area (Å²) in [7, 11) is -3.42. The molecule has 3 rings (SSSR count). The Morgan fingerprint density at radius 3 is 2.28 bits per heavy atom. The van der Waals surface area contributed by atoms with Gasteiger partial charge >= 0.3 is 0 Å². The molecule has 0 unspecified atom stereocenters. The predicted molar refractivity (Wildman–Crippen MR) is 134 cm³/mol. The fraction of sp³-hybridized carbons (Fsp3) is 0.409. The second-order valence-corrected chi connectivity index (χ2v) is 11.9. The van der Waals surface area contributed by atoms with Crippen molar-refractivity contribution >= 4 is 62.5 Å². The minimum absolute atomic E-state index is 0.0175. The largest absolute Gasteiger partial charge is 0.355 e. The van der Waals surface area contributed by atoms with Gasteiger partial charge in [-0.25, -0.2) is 12.7 Å². The van der Waals surface area contributed by atoms with Gasteiger partial charge in [0.15, 0.2) is 0 Å². The van der Waals surface area contributed by atoms with Crippen molar-refractivity contribution < 1.29 is 13.2 Å². The molecule has 1 fully saturated rings. The second kappa shape index (κ2) is 12.0. The summed E-state index contributed by atoms with van der Waals surface area (Å²) in [6.45, 7) is 1.25. The molecule has 0 spiro atoms. The SMILES string of the molecule is O=C(NCCSCc1c(Cl)cccc1Cl)C1CCN(S(=O)(=O)Cc2ccc(Cl)cc2)CC1. The normalized spacial score (nSPS) is 15.6. The van der Waals surface area contributed by atoms with E-state index in [9.17, 15) is 13.2 Å². The highest BCUT2D eigenvalue weighted by Gasteiger charge is 2.31. The van der Waals surface area contributed by atoms with Gasteiger partial charge in [-0.15, -0.1) is 0 Å². The molecule has 2 aromatic rings. The number of benzene rings is 2. The summed E-state index contributed by atoms with van der Waals surface area (Å²) in [6.07, 6.45) is 1.04. The molecule has 0 aromatic heterocycles. The zero-order chi connectivity index (χ0) is 23.1. The number of nitrogens with one attached hydrogen (secondary N) is 1. The Morgan fingerprint density at radius 1 is 1.03 bits per heavy atom. The summed E-state index contributed by atoms with van der Waals surface area (Å²) < 4.78 is 26.9. The van der Waals surface area contributed by atoms with E-state index in [0.717, 1.165) is 11.3 Å². The van der Waals surface area contributed by atoms with Crippen molar-refractivity contribution in [3.63, 3.8) is 0 Å². The average Bonchev–Trinajstić information content (AvgIpc) is 2.77. The Hall–Kier alpha value is -0.960. The number of thioether (sulfide) groups is 1. The number of rotatable bonds is 9. The highest BCUT2D eigenvalue weighted by Crippen LogP contribution is 2.28. The Balaban J connectivity index is 1.38. The van der Waals surface area contributed by atoms with Gasteiger partial charge in [0.1, 0.15) is 0 Å². The molecule has 1 heterocycles. The van der Waals surface area contributed by atoms with Crippen LogP contribution in [0.15, 0.2) is 42.5 Å². The maximum Gasteiger partial charge on any atom is 0.223 e. The maximum atomic E-state index is 12.7. The third-order valence-electron chi connectivity index (χ3n) is 5.33. The Bertz CT molecular complexity index is 1000. The number of hydrogen-bond acceptors (Lipinski definition) is 4. The lowest BCUT2D eigenvalue weighted by Gasteiger charge is -2.30. The number of halogens is 3. The van der Waals surface area contributed by atoms with Crippen molar-refractivity contribution in [3.05, 3.63) is 68.7 Å². The molecule has 0 aliphatic carbocycles. The topological polar surface area (TPSA) is 66.5 Å². The fourth-order valence-electron chi connectivity index (χ4n) is 3.51. The molecular weight excluding hydrogens is 511 g/mol. The molecule has 5 nitrogen and oxygen atoms in total. The molecule has 1 aliphatic rings. The summed E-state index contributed by atoms with van der Waals surface area (Å²) in [6, 6.07) is 12.2. The van der Waals surface area contributed by atoms with Crippen LogP contribution in [0.1, 0.15) is 24.0 Å². The molecule has 174 valence electrons. The van der Waals surface area contributed by atoms with E-state index in [0.29, 0.717) is 58.9 Å². The van der Waals surface area contributed by atoms with Crippen LogP contribution >= 0.6 is 46.6 Å².